The SMILES string of the molecule is CNC(CC1CC1)c1ccc(C(C)C)cc1C(C)C. The van der Waals surface area contributed by atoms with E-state index in [1.54, 1.807) is 0 Å². The topological polar surface area (TPSA) is 12.0 Å². The molecule has 1 unspecified atom stereocenters. The van der Waals surface area contributed by atoms with Gasteiger partial charge in [-0.15, -0.1) is 0 Å². The maximum absolute atomic E-state index is 3.53. The van der Waals surface area contributed by atoms with Crippen LogP contribution in [0.3, 0.4) is 0 Å². The van der Waals surface area contributed by atoms with Gasteiger partial charge < -0.3 is 5.32 Å². The van der Waals surface area contributed by atoms with Crippen molar-refractivity contribution in [2.45, 2.75) is 64.8 Å². The van der Waals surface area contributed by atoms with Crippen molar-refractivity contribution >= 4 is 0 Å². The summed E-state index contributed by atoms with van der Waals surface area (Å²) in [6.45, 7) is 9.18. The Morgan fingerprint density at radius 2 is 1.74 bits per heavy atom. The molecule has 1 aromatic rings. The van der Waals surface area contributed by atoms with Crippen molar-refractivity contribution in [2.24, 2.45) is 5.92 Å². The summed E-state index contributed by atoms with van der Waals surface area (Å²) in [5.74, 6) is 2.18. The molecule has 1 N–H and O–H groups in total. The van der Waals surface area contributed by atoms with Gasteiger partial charge in [-0.05, 0) is 47.9 Å². The van der Waals surface area contributed by atoms with Crippen LogP contribution in [0.4, 0.5) is 0 Å². The predicted molar refractivity (Wildman–Crippen MR) is 83.8 cm³/mol. The summed E-state index contributed by atoms with van der Waals surface area (Å²) in [4.78, 5) is 0. The second-order valence-electron chi connectivity index (χ2n) is 6.72. The van der Waals surface area contributed by atoms with Crippen molar-refractivity contribution < 1.29 is 0 Å². The van der Waals surface area contributed by atoms with Crippen LogP contribution in [0.2, 0.25) is 0 Å². The Kier molecular flexibility index (Phi) is 4.67. The van der Waals surface area contributed by atoms with Gasteiger partial charge in [0.1, 0.15) is 0 Å². The first-order chi connectivity index (χ1) is 9.02. The van der Waals surface area contributed by atoms with Crippen LogP contribution in [0, 0.1) is 5.92 Å². The van der Waals surface area contributed by atoms with Gasteiger partial charge in [-0.1, -0.05) is 58.7 Å². The summed E-state index contributed by atoms with van der Waals surface area (Å²) < 4.78 is 0. The standard InChI is InChI=1S/C18H29N/c1-12(2)15-8-9-16(17(11-15)13(3)4)18(19-5)10-14-6-7-14/h8-9,11-14,18-19H,6-7,10H2,1-5H3. The zero-order valence-electron chi connectivity index (χ0n) is 13.2. The third kappa shape index (κ3) is 3.60. The Morgan fingerprint density at radius 1 is 1.05 bits per heavy atom. The van der Waals surface area contributed by atoms with E-state index < -0.39 is 0 Å². The summed E-state index contributed by atoms with van der Waals surface area (Å²) in [7, 11) is 2.10. The first kappa shape index (κ1) is 14.6. The summed E-state index contributed by atoms with van der Waals surface area (Å²) in [6.07, 6.45) is 4.16. The first-order valence-electron chi connectivity index (χ1n) is 7.84. The highest BCUT2D eigenvalue weighted by atomic mass is 14.9. The van der Waals surface area contributed by atoms with Crippen molar-refractivity contribution in [1.29, 1.82) is 0 Å². The molecule has 1 aliphatic rings. The fraction of sp³-hybridized carbons (Fsp3) is 0.667. The normalized spacial score (nSPS) is 17.2. The van der Waals surface area contributed by atoms with Gasteiger partial charge in [-0.2, -0.15) is 0 Å². The number of benzene rings is 1. The molecular weight excluding hydrogens is 230 g/mol. The van der Waals surface area contributed by atoms with Gasteiger partial charge in [0.2, 0.25) is 0 Å². The van der Waals surface area contributed by atoms with Gasteiger partial charge in [-0.3, -0.25) is 0 Å². The summed E-state index contributed by atoms with van der Waals surface area (Å²) in [5.41, 5.74) is 4.52. The zero-order valence-corrected chi connectivity index (χ0v) is 13.2. The number of hydrogen-bond donors (Lipinski definition) is 1. The average Bonchev–Trinajstić information content (AvgIpc) is 3.19. The number of rotatable bonds is 6. The van der Waals surface area contributed by atoms with Crippen molar-refractivity contribution in [2.75, 3.05) is 7.05 Å². The van der Waals surface area contributed by atoms with Gasteiger partial charge >= 0.3 is 0 Å². The van der Waals surface area contributed by atoms with Crippen molar-refractivity contribution in [3.8, 4) is 0 Å². The van der Waals surface area contributed by atoms with E-state index in [9.17, 15) is 0 Å². The molecule has 0 aromatic heterocycles. The van der Waals surface area contributed by atoms with Crippen LogP contribution < -0.4 is 5.32 Å². The molecule has 0 spiro atoms. The predicted octanol–water partition coefficient (Wildman–Crippen LogP) is 4.99. The molecule has 106 valence electrons. The Morgan fingerprint density at radius 3 is 2.21 bits per heavy atom. The monoisotopic (exact) mass is 259 g/mol. The van der Waals surface area contributed by atoms with Crippen LogP contribution in [-0.2, 0) is 0 Å². The molecule has 1 atom stereocenters. The minimum Gasteiger partial charge on any atom is -0.313 e. The van der Waals surface area contributed by atoms with E-state index >= 15 is 0 Å². The quantitative estimate of drug-likeness (QED) is 0.758. The molecule has 0 radical (unpaired) electrons. The lowest BCUT2D eigenvalue weighted by Crippen LogP contribution is -2.19. The Balaban J connectivity index is 2.30. The van der Waals surface area contributed by atoms with E-state index in [4.69, 9.17) is 0 Å². The molecule has 1 heteroatoms. The van der Waals surface area contributed by atoms with Crippen LogP contribution in [0.15, 0.2) is 18.2 Å². The van der Waals surface area contributed by atoms with E-state index in [-0.39, 0.29) is 0 Å². The molecule has 1 saturated carbocycles. The molecule has 1 aliphatic carbocycles. The molecule has 0 heterocycles. The first-order valence-corrected chi connectivity index (χ1v) is 7.84. The smallest absolute Gasteiger partial charge is 0.0323 e. The van der Waals surface area contributed by atoms with Crippen molar-refractivity contribution in [3.63, 3.8) is 0 Å². The van der Waals surface area contributed by atoms with Gasteiger partial charge in [-0.25, -0.2) is 0 Å². The molecule has 1 aromatic carbocycles. The van der Waals surface area contributed by atoms with Gasteiger partial charge in [0.05, 0.1) is 0 Å². The zero-order chi connectivity index (χ0) is 14.0. The van der Waals surface area contributed by atoms with Crippen molar-refractivity contribution in [3.05, 3.63) is 34.9 Å². The number of nitrogens with one attached hydrogen (secondary N) is 1. The third-order valence-electron chi connectivity index (χ3n) is 4.39. The highest BCUT2D eigenvalue weighted by Gasteiger charge is 2.27. The number of hydrogen-bond acceptors (Lipinski definition) is 1. The molecule has 19 heavy (non-hydrogen) atoms. The lowest BCUT2D eigenvalue weighted by molar-refractivity contribution is 0.508. The lowest BCUT2D eigenvalue weighted by atomic mass is 9.87. The highest BCUT2D eigenvalue weighted by Crippen LogP contribution is 2.39. The second kappa shape index (κ2) is 6.09. The van der Waals surface area contributed by atoms with Gasteiger partial charge in [0.15, 0.2) is 0 Å². The Labute approximate surface area is 118 Å². The van der Waals surface area contributed by atoms with Crippen molar-refractivity contribution in [1.82, 2.24) is 5.32 Å². The van der Waals surface area contributed by atoms with Crippen LogP contribution in [0.5, 0.6) is 0 Å². The van der Waals surface area contributed by atoms with Crippen LogP contribution in [0.25, 0.3) is 0 Å². The molecule has 0 bridgehead atoms. The molecule has 1 fully saturated rings. The molecule has 0 saturated heterocycles. The van der Waals surface area contributed by atoms with Crippen LogP contribution in [0.1, 0.15) is 81.5 Å². The minimum atomic E-state index is 0.533. The van der Waals surface area contributed by atoms with Crippen LogP contribution >= 0.6 is 0 Å². The summed E-state index contributed by atoms with van der Waals surface area (Å²) >= 11 is 0. The lowest BCUT2D eigenvalue weighted by Gasteiger charge is -2.23. The van der Waals surface area contributed by atoms with E-state index in [0.29, 0.717) is 17.9 Å². The fourth-order valence-corrected chi connectivity index (χ4v) is 2.86. The Bertz CT molecular complexity index is 416. The molecule has 1 nitrogen and oxygen atoms in total. The molecule has 0 amide bonds. The largest absolute Gasteiger partial charge is 0.313 e. The molecule has 2 rings (SSSR count). The van der Waals surface area contributed by atoms with Gasteiger partial charge in [0.25, 0.3) is 0 Å². The van der Waals surface area contributed by atoms with E-state index in [1.165, 1.54) is 36.0 Å². The van der Waals surface area contributed by atoms with E-state index in [1.807, 2.05) is 0 Å². The summed E-state index contributed by atoms with van der Waals surface area (Å²) in [5, 5.41) is 3.53. The second-order valence-corrected chi connectivity index (χ2v) is 6.72. The maximum Gasteiger partial charge on any atom is 0.0323 e. The van der Waals surface area contributed by atoms with E-state index in [0.717, 1.165) is 5.92 Å². The highest BCUT2D eigenvalue weighted by molar-refractivity contribution is 5.37. The maximum atomic E-state index is 3.53. The average molecular weight is 259 g/mol. The fourth-order valence-electron chi connectivity index (χ4n) is 2.86. The minimum absolute atomic E-state index is 0.533. The molecular formula is C18H29N. The van der Waals surface area contributed by atoms with Crippen LogP contribution in [-0.4, -0.2) is 7.05 Å². The van der Waals surface area contributed by atoms with E-state index in [2.05, 4.69) is 58.3 Å². The molecule has 0 aliphatic heterocycles. The van der Waals surface area contributed by atoms with Gasteiger partial charge in [0, 0.05) is 6.04 Å². The third-order valence-corrected chi connectivity index (χ3v) is 4.39. The Hall–Kier alpha value is -0.820. The summed E-state index contributed by atoms with van der Waals surface area (Å²) in [6, 6.07) is 7.66.